The monoisotopic (exact) mass is 359 g/mol. The number of aromatic nitrogens is 4. The molecular weight excluding hydrogens is 345 g/mol. The number of hydrogen-bond donors (Lipinski definition) is 0. The van der Waals surface area contributed by atoms with E-state index in [4.69, 9.17) is 4.52 Å². The summed E-state index contributed by atoms with van der Waals surface area (Å²) in [5.74, 6) is 0.206. The maximum absolute atomic E-state index is 12.9. The summed E-state index contributed by atoms with van der Waals surface area (Å²) in [4.78, 5) is 26.4. The maximum Gasteiger partial charge on any atom is 0.277 e. The third-order valence-corrected chi connectivity index (χ3v) is 4.73. The first-order valence-electron chi connectivity index (χ1n) is 7.83. The van der Waals surface area contributed by atoms with E-state index in [2.05, 4.69) is 20.1 Å². The van der Waals surface area contributed by atoms with Crippen LogP contribution >= 0.6 is 11.3 Å². The van der Waals surface area contributed by atoms with Gasteiger partial charge < -0.3 is 9.42 Å². The molecule has 1 amide bonds. The van der Waals surface area contributed by atoms with E-state index in [1.165, 1.54) is 29.7 Å². The van der Waals surface area contributed by atoms with Crippen LogP contribution in [0.2, 0.25) is 0 Å². The highest BCUT2D eigenvalue weighted by Gasteiger charge is 2.29. The van der Waals surface area contributed by atoms with Crippen molar-refractivity contribution in [2.24, 2.45) is 0 Å². The van der Waals surface area contributed by atoms with Crippen LogP contribution in [-0.4, -0.2) is 44.0 Å². The number of halogens is 1. The molecule has 9 heteroatoms. The van der Waals surface area contributed by atoms with Gasteiger partial charge in [0, 0.05) is 30.6 Å². The molecule has 1 unspecified atom stereocenters. The lowest BCUT2D eigenvalue weighted by atomic mass is 9.97. The van der Waals surface area contributed by atoms with Crippen LogP contribution in [0, 0.1) is 5.95 Å². The molecule has 4 heterocycles. The molecule has 3 aromatic heterocycles. The Hall–Kier alpha value is -2.68. The summed E-state index contributed by atoms with van der Waals surface area (Å²) in [5.41, 5.74) is 2.74. The van der Waals surface area contributed by atoms with Crippen molar-refractivity contribution in [3.05, 3.63) is 46.6 Å². The third-order valence-electron chi connectivity index (χ3n) is 4.14. The van der Waals surface area contributed by atoms with Crippen LogP contribution in [0.25, 0.3) is 11.6 Å². The van der Waals surface area contributed by atoms with Gasteiger partial charge in [0.25, 0.3) is 11.8 Å². The van der Waals surface area contributed by atoms with Crippen molar-refractivity contribution in [2.45, 2.75) is 18.8 Å². The number of likely N-dealkylation sites (tertiary alicyclic amines) is 1. The zero-order valence-electron chi connectivity index (χ0n) is 13.1. The molecule has 7 nitrogen and oxygen atoms in total. The Kier molecular flexibility index (Phi) is 4.22. The van der Waals surface area contributed by atoms with E-state index >= 15 is 0 Å². The molecule has 0 N–H and O–H groups in total. The molecule has 1 aliphatic rings. The van der Waals surface area contributed by atoms with Crippen LogP contribution in [0.3, 0.4) is 0 Å². The summed E-state index contributed by atoms with van der Waals surface area (Å²) in [5, 5.41) is 5.90. The predicted octanol–water partition coefficient (Wildman–Crippen LogP) is 2.75. The second-order valence-electron chi connectivity index (χ2n) is 5.79. The highest BCUT2D eigenvalue weighted by molar-refractivity contribution is 7.07. The van der Waals surface area contributed by atoms with Gasteiger partial charge in [-0.3, -0.25) is 4.79 Å². The van der Waals surface area contributed by atoms with Crippen LogP contribution in [0.4, 0.5) is 4.39 Å². The summed E-state index contributed by atoms with van der Waals surface area (Å²) in [6.45, 7) is 1.13. The van der Waals surface area contributed by atoms with E-state index in [-0.39, 0.29) is 11.8 Å². The van der Waals surface area contributed by atoms with Crippen LogP contribution < -0.4 is 0 Å². The van der Waals surface area contributed by atoms with Crippen LogP contribution in [0.15, 0.2) is 33.7 Å². The Labute approximate surface area is 146 Å². The third kappa shape index (κ3) is 3.27. The van der Waals surface area contributed by atoms with Crippen LogP contribution in [0.5, 0.6) is 0 Å². The number of thiazole rings is 1. The number of pyridine rings is 1. The predicted molar refractivity (Wildman–Crippen MR) is 87.5 cm³/mol. The molecule has 4 rings (SSSR count). The molecule has 1 fully saturated rings. The minimum atomic E-state index is -0.602. The van der Waals surface area contributed by atoms with Gasteiger partial charge in [-0.15, -0.1) is 11.3 Å². The minimum Gasteiger partial charge on any atom is -0.338 e. The molecule has 3 aromatic rings. The lowest BCUT2D eigenvalue weighted by molar-refractivity contribution is 0.0703. The first-order valence-corrected chi connectivity index (χ1v) is 8.78. The highest BCUT2D eigenvalue weighted by Crippen LogP contribution is 2.27. The van der Waals surface area contributed by atoms with E-state index < -0.39 is 5.95 Å². The van der Waals surface area contributed by atoms with E-state index in [1.807, 2.05) is 5.38 Å². The minimum absolute atomic E-state index is 0.00208. The van der Waals surface area contributed by atoms with Crippen molar-refractivity contribution in [3.63, 3.8) is 0 Å². The van der Waals surface area contributed by atoms with Crippen molar-refractivity contribution in [1.29, 1.82) is 0 Å². The fourth-order valence-corrected chi connectivity index (χ4v) is 3.41. The van der Waals surface area contributed by atoms with Crippen LogP contribution in [0.1, 0.15) is 34.9 Å². The zero-order chi connectivity index (χ0) is 17.2. The standard InChI is InChI=1S/C16H14FN5O2S/c17-13-4-3-10(6-18-13)16(23)22-5-1-2-11(7-22)14-20-15(24-21-14)12-8-25-9-19-12/h3-4,6,8-9,11H,1-2,5,7H2. The molecule has 0 aromatic carbocycles. The van der Waals surface area contributed by atoms with Gasteiger partial charge >= 0.3 is 0 Å². The second-order valence-corrected chi connectivity index (χ2v) is 6.51. The summed E-state index contributed by atoms with van der Waals surface area (Å²) < 4.78 is 18.2. The molecule has 1 saturated heterocycles. The highest BCUT2D eigenvalue weighted by atomic mass is 32.1. The Morgan fingerprint density at radius 3 is 3.04 bits per heavy atom. The normalized spacial score (nSPS) is 17.6. The van der Waals surface area contributed by atoms with Crippen LogP contribution in [-0.2, 0) is 0 Å². The van der Waals surface area contributed by atoms with Crippen molar-refractivity contribution in [2.75, 3.05) is 13.1 Å². The summed E-state index contributed by atoms with van der Waals surface area (Å²) in [6, 6.07) is 2.64. The molecule has 0 aliphatic carbocycles. The molecule has 0 bridgehead atoms. The second kappa shape index (κ2) is 6.67. The molecule has 0 saturated carbocycles. The summed E-state index contributed by atoms with van der Waals surface area (Å²) in [6.07, 6.45) is 2.98. The smallest absolute Gasteiger partial charge is 0.277 e. The number of rotatable bonds is 3. The lowest BCUT2D eigenvalue weighted by Crippen LogP contribution is -2.39. The quantitative estimate of drug-likeness (QED) is 0.669. The van der Waals surface area contributed by atoms with Crippen molar-refractivity contribution in [3.8, 4) is 11.6 Å². The molecule has 1 aliphatic heterocycles. The fraction of sp³-hybridized carbons (Fsp3) is 0.312. The van der Waals surface area contributed by atoms with E-state index in [1.54, 1.807) is 10.4 Å². The van der Waals surface area contributed by atoms with E-state index in [0.717, 1.165) is 12.8 Å². The summed E-state index contributed by atoms with van der Waals surface area (Å²) >= 11 is 1.46. The number of nitrogens with zero attached hydrogens (tertiary/aromatic N) is 5. The largest absolute Gasteiger partial charge is 0.338 e. The zero-order valence-corrected chi connectivity index (χ0v) is 13.9. The Bertz CT molecular complexity index is 865. The molecule has 25 heavy (non-hydrogen) atoms. The molecule has 128 valence electrons. The topological polar surface area (TPSA) is 85.0 Å². The van der Waals surface area contributed by atoms with Gasteiger partial charge in [-0.05, 0) is 25.0 Å². The van der Waals surface area contributed by atoms with Gasteiger partial charge in [0.05, 0.1) is 11.1 Å². The Morgan fingerprint density at radius 1 is 1.36 bits per heavy atom. The SMILES string of the molecule is O=C(c1ccc(F)nc1)N1CCCC(c2noc(-c3cscn3)n2)C1. The van der Waals surface area contributed by atoms with Crippen molar-refractivity contribution < 1.29 is 13.7 Å². The van der Waals surface area contributed by atoms with Gasteiger partial charge in [0.1, 0.15) is 5.69 Å². The number of carbonyl (C=O) groups is 1. The maximum atomic E-state index is 12.9. The number of carbonyl (C=O) groups excluding carboxylic acids is 1. The molecule has 1 atom stereocenters. The van der Waals surface area contributed by atoms with E-state index in [0.29, 0.717) is 36.1 Å². The van der Waals surface area contributed by atoms with Crippen molar-refractivity contribution in [1.82, 2.24) is 25.0 Å². The van der Waals surface area contributed by atoms with E-state index in [9.17, 15) is 9.18 Å². The Morgan fingerprint density at radius 2 is 2.28 bits per heavy atom. The molecule has 0 spiro atoms. The average molecular weight is 359 g/mol. The summed E-state index contributed by atoms with van der Waals surface area (Å²) in [7, 11) is 0. The van der Waals surface area contributed by atoms with Gasteiger partial charge in [-0.25, -0.2) is 9.97 Å². The number of hydrogen-bond acceptors (Lipinski definition) is 7. The average Bonchev–Trinajstić information content (AvgIpc) is 3.33. The van der Waals surface area contributed by atoms with Gasteiger partial charge in [-0.2, -0.15) is 9.37 Å². The van der Waals surface area contributed by atoms with Crippen molar-refractivity contribution >= 4 is 17.2 Å². The van der Waals surface area contributed by atoms with Gasteiger partial charge in [0.2, 0.25) is 5.95 Å². The van der Waals surface area contributed by atoms with Gasteiger partial charge in [-0.1, -0.05) is 5.16 Å². The first kappa shape index (κ1) is 15.8. The number of amides is 1. The number of piperidine rings is 1. The molecule has 0 radical (unpaired) electrons. The lowest BCUT2D eigenvalue weighted by Gasteiger charge is -2.31. The first-order chi connectivity index (χ1) is 12.2. The Balaban J connectivity index is 1.49. The van der Waals surface area contributed by atoms with Gasteiger partial charge in [0.15, 0.2) is 5.82 Å². The molecular formula is C16H14FN5O2S. The fourth-order valence-electron chi connectivity index (χ4n) is 2.88.